The fourth-order valence-corrected chi connectivity index (χ4v) is 4.90. The van der Waals surface area contributed by atoms with Crippen molar-refractivity contribution in [3.05, 3.63) is 111 Å². The van der Waals surface area contributed by atoms with Crippen LogP contribution >= 0.6 is 0 Å². The summed E-state index contributed by atoms with van der Waals surface area (Å²) < 4.78 is 20.5. The van der Waals surface area contributed by atoms with Crippen LogP contribution in [0.15, 0.2) is 60.7 Å². The number of methoxy groups -OCH3 is 2. The monoisotopic (exact) mass is 662 g/mol. The summed E-state index contributed by atoms with van der Waals surface area (Å²) in [7, 11) is 2.73. The molecule has 0 radical (unpaired) electrons. The first kappa shape index (κ1) is 41.0. The molecule has 9 nitrogen and oxygen atoms in total. The number of carbonyl (C=O) groups excluding carboxylic acids is 2. The van der Waals surface area contributed by atoms with Gasteiger partial charge in [0.1, 0.15) is 30.5 Å². The highest BCUT2D eigenvalue weighted by atomic mass is 16.5. The van der Waals surface area contributed by atoms with E-state index in [0.29, 0.717) is 35.7 Å². The predicted octanol–water partition coefficient (Wildman–Crippen LogP) is 8.58. The number of hydrogen-bond acceptors (Lipinski definition) is 8. The molecular weight excluding hydrogens is 612 g/mol. The van der Waals surface area contributed by atoms with Gasteiger partial charge in [-0.25, -0.2) is 14.4 Å². The number of benzene rings is 3. The van der Waals surface area contributed by atoms with Gasteiger partial charge in [0.2, 0.25) is 0 Å². The number of hydrogen-bond donors (Lipinski definition) is 2. The van der Waals surface area contributed by atoms with Crippen molar-refractivity contribution in [2.24, 2.45) is 0 Å². The van der Waals surface area contributed by atoms with Gasteiger partial charge in [-0.3, -0.25) is 0 Å². The quantitative estimate of drug-likeness (QED) is 0.153. The highest BCUT2D eigenvalue weighted by Gasteiger charge is 2.15. The van der Waals surface area contributed by atoms with Gasteiger partial charge in [-0.15, -0.1) is 0 Å². The summed E-state index contributed by atoms with van der Waals surface area (Å²) in [4.78, 5) is 33.9. The van der Waals surface area contributed by atoms with E-state index in [2.05, 4.69) is 24.7 Å². The molecule has 3 aromatic rings. The van der Waals surface area contributed by atoms with Gasteiger partial charge >= 0.3 is 17.9 Å². The molecule has 3 aromatic carbocycles. The van der Waals surface area contributed by atoms with Crippen LogP contribution in [0.3, 0.4) is 0 Å². The van der Waals surface area contributed by atoms with E-state index in [4.69, 9.17) is 19.3 Å². The van der Waals surface area contributed by atoms with Crippen molar-refractivity contribution < 1.29 is 43.5 Å². The highest BCUT2D eigenvalue weighted by molar-refractivity contribution is 5.93. The Morgan fingerprint density at radius 2 is 0.875 bits per heavy atom. The fraction of sp³-hybridized carbons (Fsp3) is 0.359. The molecule has 9 heteroatoms. The topological polar surface area (TPSA) is 129 Å². The second kappa shape index (κ2) is 20.9. The first-order chi connectivity index (χ1) is 22.7. The first-order valence-corrected chi connectivity index (χ1v) is 15.7. The van der Waals surface area contributed by atoms with Crippen LogP contribution < -0.4 is 9.47 Å². The molecule has 0 spiro atoms. The smallest absolute Gasteiger partial charge is 0.338 e. The number of aromatic carboxylic acids is 1. The van der Waals surface area contributed by atoms with Crippen molar-refractivity contribution in [1.82, 2.24) is 0 Å². The van der Waals surface area contributed by atoms with E-state index in [1.165, 1.54) is 14.2 Å². The van der Waals surface area contributed by atoms with Crippen molar-refractivity contribution in [1.29, 1.82) is 0 Å². The third kappa shape index (κ3) is 13.0. The molecule has 0 amide bonds. The molecule has 0 aromatic heterocycles. The summed E-state index contributed by atoms with van der Waals surface area (Å²) in [5, 5.41) is 18.3. The maximum absolute atomic E-state index is 11.6. The average molecular weight is 663 g/mol. The second-order valence-electron chi connectivity index (χ2n) is 11.0. The molecule has 0 fully saturated rings. The molecule has 48 heavy (non-hydrogen) atoms. The second-order valence-corrected chi connectivity index (χ2v) is 11.0. The molecule has 0 aliphatic carbocycles. The van der Waals surface area contributed by atoms with Crippen LogP contribution in [0.4, 0.5) is 0 Å². The molecule has 0 aliphatic rings. The predicted molar refractivity (Wildman–Crippen MR) is 189 cm³/mol. The third-order valence-corrected chi connectivity index (χ3v) is 7.02. The molecule has 260 valence electrons. The number of allylic oxidation sites excluding steroid dienone is 2. The zero-order valence-electron chi connectivity index (χ0n) is 29.9. The zero-order valence-corrected chi connectivity index (χ0v) is 29.9. The number of aryl methyl sites for hydroxylation is 6. The van der Waals surface area contributed by atoms with E-state index < -0.39 is 5.97 Å². The van der Waals surface area contributed by atoms with Gasteiger partial charge in [-0.1, -0.05) is 38.2 Å². The summed E-state index contributed by atoms with van der Waals surface area (Å²) in [5.41, 5.74) is 6.16. The van der Waals surface area contributed by atoms with E-state index in [-0.39, 0.29) is 17.7 Å². The zero-order chi connectivity index (χ0) is 36.4. The molecule has 2 N–H and O–H groups in total. The first-order valence-electron chi connectivity index (χ1n) is 15.7. The molecule has 0 unspecified atom stereocenters. The lowest BCUT2D eigenvalue weighted by Crippen LogP contribution is -2.07. The molecule has 0 bridgehead atoms. The number of carbonyl (C=O) groups is 3. The van der Waals surface area contributed by atoms with Crippen LogP contribution in [-0.4, -0.2) is 55.6 Å². The maximum Gasteiger partial charge on any atom is 0.338 e. The van der Waals surface area contributed by atoms with Gasteiger partial charge in [-0.2, -0.15) is 0 Å². The number of ether oxygens (including phenoxy) is 4. The fourth-order valence-electron chi connectivity index (χ4n) is 4.90. The van der Waals surface area contributed by atoms with Crippen LogP contribution in [-0.2, 0) is 9.47 Å². The van der Waals surface area contributed by atoms with Crippen molar-refractivity contribution >= 4 is 17.9 Å². The molecule has 3 rings (SSSR count). The minimum absolute atomic E-state index is 0.169. The number of carboxylic acids is 1. The molecular formula is C39H50O9. The van der Waals surface area contributed by atoms with Crippen LogP contribution in [0.25, 0.3) is 0 Å². The van der Waals surface area contributed by atoms with Gasteiger partial charge in [0.25, 0.3) is 0 Å². The number of carboxylic acid groups (broad SMARTS) is 1. The lowest BCUT2D eigenvalue weighted by Gasteiger charge is -2.11. The minimum atomic E-state index is -0.891. The number of phenolic OH excluding ortho intramolecular Hbond substituents is 1. The average Bonchev–Trinajstić information content (AvgIpc) is 3.00. The molecule has 0 saturated carbocycles. The minimum Gasteiger partial charge on any atom is -0.508 e. The Labute approximate surface area is 284 Å². The van der Waals surface area contributed by atoms with Gasteiger partial charge in [0, 0.05) is 0 Å². The molecule has 0 aliphatic heterocycles. The van der Waals surface area contributed by atoms with Crippen molar-refractivity contribution in [3.8, 4) is 17.2 Å². The number of rotatable bonds is 11. The van der Waals surface area contributed by atoms with E-state index >= 15 is 0 Å². The van der Waals surface area contributed by atoms with Crippen LogP contribution in [0.1, 0.15) is 91.1 Å². The Morgan fingerprint density at radius 3 is 1.17 bits per heavy atom. The largest absolute Gasteiger partial charge is 0.508 e. The van der Waals surface area contributed by atoms with E-state index in [1.807, 2.05) is 44.2 Å². The lowest BCUT2D eigenvalue weighted by molar-refractivity contribution is 0.0590. The molecule has 0 heterocycles. The van der Waals surface area contributed by atoms with Crippen molar-refractivity contribution in [3.63, 3.8) is 0 Å². The van der Waals surface area contributed by atoms with Gasteiger partial charge in [0.05, 0.1) is 30.9 Å². The Kier molecular flexibility index (Phi) is 17.9. The maximum atomic E-state index is 11.6. The van der Waals surface area contributed by atoms with Crippen molar-refractivity contribution in [2.75, 3.05) is 27.4 Å². The summed E-state index contributed by atoms with van der Waals surface area (Å²) in [6.07, 6.45) is 10.0. The standard InChI is InChI=1S/C15H20O3.C14H18O3.C10H12O3/c1-5-6-7-8-18-13-9-11(2)14(12(3)10-13)15(16)17-4;1-4-5-6-7-17-12-8-10(2)13(14(15)16)11(3)9-12;1-6-4-8(11)5-7(2)9(6)10(12)13-3/h6-7,9-10H,5,8H2,1-4H3;5-6,8-9H,4,7H2,1-3H3,(H,15,16);4-5,11H,1-3H3/b7-6-;6-5-;. The lowest BCUT2D eigenvalue weighted by atomic mass is 10.0. The Morgan fingerprint density at radius 1 is 0.562 bits per heavy atom. The SMILES string of the molecule is CC/C=C\COc1cc(C)c(C(=O)O)c(C)c1.CC/C=C\COc1cc(C)c(C(=O)OC)c(C)c1.COC(=O)c1c(C)cc(O)cc1C. The van der Waals surface area contributed by atoms with Crippen LogP contribution in [0, 0.1) is 41.5 Å². The summed E-state index contributed by atoms with van der Waals surface area (Å²) in [5.74, 6) is 0.0988. The summed E-state index contributed by atoms with van der Waals surface area (Å²) in [6, 6.07) is 10.3. The van der Waals surface area contributed by atoms with E-state index in [1.54, 1.807) is 52.0 Å². The van der Waals surface area contributed by atoms with Gasteiger partial charge < -0.3 is 29.2 Å². The Hall–Kier alpha value is -5.05. The van der Waals surface area contributed by atoms with Crippen molar-refractivity contribution in [2.45, 2.75) is 68.2 Å². The number of aromatic hydroxyl groups is 1. The van der Waals surface area contributed by atoms with Crippen LogP contribution in [0.5, 0.6) is 17.2 Å². The number of esters is 2. The number of phenols is 1. The third-order valence-electron chi connectivity index (χ3n) is 7.02. The normalized spacial score (nSPS) is 10.5. The summed E-state index contributed by atoms with van der Waals surface area (Å²) >= 11 is 0. The molecule has 0 saturated heterocycles. The van der Waals surface area contributed by atoms with E-state index in [9.17, 15) is 19.5 Å². The Bertz CT molecular complexity index is 1530. The highest BCUT2D eigenvalue weighted by Crippen LogP contribution is 2.24. The summed E-state index contributed by atoms with van der Waals surface area (Å²) in [6.45, 7) is 16.1. The molecule has 0 atom stereocenters. The Balaban J connectivity index is 0.000000365. The van der Waals surface area contributed by atoms with E-state index in [0.717, 1.165) is 52.0 Å². The van der Waals surface area contributed by atoms with Gasteiger partial charge in [-0.05, 0) is 124 Å². The van der Waals surface area contributed by atoms with Crippen LogP contribution in [0.2, 0.25) is 0 Å². The van der Waals surface area contributed by atoms with Gasteiger partial charge in [0.15, 0.2) is 0 Å².